The number of β-lactam (4-membered cyclic amide) rings is 1. The van der Waals surface area contributed by atoms with E-state index in [1.54, 1.807) is 50.5 Å². The van der Waals surface area contributed by atoms with Gasteiger partial charge in [-0.25, -0.2) is 8.78 Å². The lowest BCUT2D eigenvalue weighted by molar-refractivity contribution is -0.131. The number of benzene rings is 4. The largest absolute Gasteiger partial charge is 0.493 e. The Kier molecular flexibility index (Phi) is 8.21. The van der Waals surface area contributed by atoms with Crippen LogP contribution < -0.4 is 19.1 Å². The van der Waals surface area contributed by atoms with Gasteiger partial charge in [-0.05, 0) is 78.1 Å². The zero-order valence-electron chi connectivity index (χ0n) is 23.0. The summed E-state index contributed by atoms with van der Waals surface area (Å²) in [6.45, 7) is 0. The standard InChI is InChI=1S/C33H31F2NO5/c1-39-29-19-17-26(31(40-2)32(29)41-3)20-4-6-22(7-5-20)30-27(16-18-28(37)21-8-10-23(34)11-9-21)33(38)36(30)25-14-12-24(35)13-15-25/h4-15,17,19,27-28,30,37H,16,18H2,1-3H3/t27?,28-,30?/m0/s1. The van der Waals surface area contributed by atoms with Gasteiger partial charge in [-0.3, -0.25) is 4.79 Å². The smallest absolute Gasteiger partial charge is 0.233 e. The van der Waals surface area contributed by atoms with Crippen LogP contribution in [0.3, 0.4) is 0 Å². The number of methoxy groups -OCH3 is 3. The fraction of sp³-hybridized carbons (Fsp3) is 0.242. The Hall–Kier alpha value is -4.43. The van der Waals surface area contributed by atoms with Crippen molar-refractivity contribution in [3.05, 3.63) is 108 Å². The molecule has 0 spiro atoms. The topological polar surface area (TPSA) is 68.2 Å². The molecule has 5 rings (SSSR count). The third-order valence-corrected chi connectivity index (χ3v) is 7.59. The minimum atomic E-state index is -0.830. The summed E-state index contributed by atoms with van der Waals surface area (Å²) in [5, 5.41) is 10.7. The minimum Gasteiger partial charge on any atom is -0.493 e. The zero-order chi connectivity index (χ0) is 29.1. The van der Waals surface area contributed by atoms with Crippen molar-refractivity contribution < 1.29 is 32.9 Å². The average Bonchev–Trinajstić information content (AvgIpc) is 3.00. The molecule has 1 saturated heterocycles. The molecule has 1 amide bonds. The summed E-state index contributed by atoms with van der Waals surface area (Å²) >= 11 is 0. The number of nitrogens with zero attached hydrogens (tertiary/aromatic N) is 1. The highest BCUT2D eigenvalue weighted by atomic mass is 19.1. The first kappa shape index (κ1) is 28.1. The van der Waals surface area contributed by atoms with Crippen LogP contribution in [0.25, 0.3) is 11.1 Å². The van der Waals surface area contributed by atoms with Crippen molar-refractivity contribution in [3.63, 3.8) is 0 Å². The van der Waals surface area contributed by atoms with Crippen LogP contribution in [0, 0.1) is 17.6 Å². The maximum atomic E-state index is 13.6. The third kappa shape index (κ3) is 5.47. The molecule has 0 aliphatic carbocycles. The molecule has 1 aliphatic heterocycles. The van der Waals surface area contributed by atoms with Gasteiger partial charge in [0.05, 0.1) is 39.4 Å². The lowest BCUT2D eigenvalue weighted by atomic mass is 9.78. The van der Waals surface area contributed by atoms with E-state index < -0.39 is 12.0 Å². The summed E-state index contributed by atoms with van der Waals surface area (Å²) < 4.78 is 43.6. The molecule has 1 fully saturated rings. The fourth-order valence-corrected chi connectivity index (χ4v) is 5.48. The van der Waals surface area contributed by atoms with Crippen molar-refractivity contribution in [3.8, 4) is 28.4 Å². The first-order valence-electron chi connectivity index (χ1n) is 13.3. The molecule has 0 saturated carbocycles. The molecule has 4 aromatic carbocycles. The first-order chi connectivity index (χ1) is 19.9. The molecule has 41 heavy (non-hydrogen) atoms. The van der Waals surface area contributed by atoms with E-state index in [-0.39, 0.29) is 23.6 Å². The quantitative estimate of drug-likeness (QED) is 0.215. The van der Waals surface area contributed by atoms with Gasteiger partial charge in [0.15, 0.2) is 11.5 Å². The molecule has 0 aromatic heterocycles. The first-order valence-corrected chi connectivity index (χ1v) is 13.3. The Morgan fingerprint density at radius 2 is 1.39 bits per heavy atom. The van der Waals surface area contributed by atoms with E-state index in [1.807, 2.05) is 36.4 Å². The highest BCUT2D eigenvalue weighted by Gasteiger charge is 2.48. The van der Waals surface area contributed by atoms with Crippen LogP contribution >= 0.6 is 0 Å². The minimum absolute atomic E-state index is 0.0986. The number of anilines is 1. The number of ether oxygens (including phenoxy) is 3. The Bertz CT molecular complexity index is 1510. The second-order valence-corrected chi connectivity index (χ2v) is 9.88. The Balaban J connectivity index is 1.44. The predicted octanol–water partition coefficient (Wildman–Crippen LogP) is 6.88. The van der Waals surface area contributed by atoms with Crippen LogP contribution in [-0.2, 0) is 4.79 Å². The second kappa shape index (κ2) is 12.0. The number of aliphatic hydroxyl groups is 1. The SMILES string of the molecule is COc1ccc(-c2ccc(C3C(CC[C@H](O)c4ccc(F)cc4)C(=O)N3c3ccc(F)cc3)cc2)c(OC)c1OC. The summed E-state index contributed by atoms with van der Waals surface area (Å²) in [7, 11) is 4.69. The van der Waals surface area contributed by atoms with Crippen molar-refractivity contribution in [2.24, 2.45) is 5.92 Å². The van der Waals surface area contributed by atoms with Crippen molar-refractivity contribution in [2.45, 2.75) is 25.0 Å². The Morgan fingerprint density at radius 1 is 0.780 bits per heavy atom. The van der Waals surface area contributed by atoms with E-state index in [4.69, 9.17) is 14.2 Å². The number of hydrogen-bond acceptors (Lipinski definition) is 5. The number of carbonyl (C=O) groups excluding carboxylic acids is 1. The molecule has 212 valence electrons. The zero-order valence-corrected chi connectivity index (χ0v) is 23.0. The van der Waals surface area contributed by atoms with Crippen molar-refractivity contribution in [1.82, 2.24) is 0 Å². The monoisotopic (exact) mass is 559 g/mol. The number of hydrogen-bond donors (Lipinski definition) is 1. The van der Waals surface area contributed by atoms with E-state index in [1.165, 1.54) is 24.3 Å². The molecule has 0 bridgehead atoms. The Morgan fingerprint density at radius 3 is 1.98 bits per heavy atom. The predicted molar refractivity (Wildman–Crippen MR) is 152 cm³/mol. The number of carbonyl (C=O) groups is 1. The molecule has 4 aromatic rings. The van der Waals surface area contributed by atoms with E-state index >= 15 is 0 Å². The fourth-order valence-electron chi connectivity index (χ4n) is 5.48. The lowest BCUT2D eigenvalue weighted by Gasteiger charge is -2.48. The van der Waals surface area contributed by atoms with E-state index in [2.05, 4.69) is 0 Å². The van der Waals surface area contributed by atoms with E-state index in [9.17, 15) is 18.7 Å². The highest BCUT2D eigenvalue weighted by Crippen LogP contribution is 2.48. The van der Waals surface area contributed by atoms with Gasteiger partial charge < -0.3 is 24.2 Å². The Labute approximate surface area is 237 Å². The molecular weight excluding hydrogens is 528 g/mol. The van der Waals surface area contributed by atoms with Gasteiger partial charge >= 0.3 is 0 Å². The maximum absolute atomic E-state index is 13.6. The van der Waals surface area contributed by atoms with Crippen LogP contribution in [0.1, 0.15) is 36.1 Å². The summed E-state index contributed by atoms with van der Waals surface area (Å²) in [4.78, 5) is 15.1. The van der Waals surface area contributed by atoms with Gasteiger partial charge in [0, 0.05) is 11.3 Å². The number of aliphatic hydroxyl groups excluding tert-OH is 1. The van der Waals surface area contributed by atoms with E-state index in [0.29, 0.717) is 41.3 Å². The average molecular weight is 560 g/mol. The van der Waals surface area contributed by atoms with Gasteiger partial charge in [0.1, 0.15) is 11.6 Å². The molecule has 1 heterocycles. The van der Waals surface area contributed by atoms with Gasteiger partial charge in [-0.15, -0.1) is 0 Å². The third-order valence-electron chi connectivity index (χ3n) is 7.59. The van der Waals surface area contributed by atoms with Crippen LogP contribution in [0.15, 0.2) is 84.9 Å². The van der Waals surface area contributed by atoms with Crippen LogP contribution in [-0.4, -0.2) is 32.3 Å². The van der Waals surface area contributed by atoms with E-state index in [0.717, 1.165) is 16.7 Å². The highest BCUT2D eigenvalue weighted by molar-refractivity contribution is 6.03. The van der Waals surface area contributed by atoms with Crippen molar-refractivity contribution in [1.29, 1.82) is 0 Å². The van der Waals surface area contributed by atoms with Crippen LogP contribution in [0.4, 0.5) is 14.5 Å². The summed E-state index contributed by atoms with van der Waals surface area (Å²) in [5.74, 6) is 0.334. The molecule has 2 unspecified atom stereocenters. The van der Waals surface area contributed by atoms with Crippen LogP contribution in [0.5, 0.6) is 17.2 Å². The lowest BCUT2D eigenvalue weighted by Crippen LogP contribution is -2.55. The molecule has 0 radical (unpaired) electrons. The van der Waals surface area contributed by atoms with Gasteiger partial charge in [-0.1, -0.05) is 36.4 Å². The van der Waals surface area contributed by atoms with Gasteiger partial charge in [0.25, 0.3) is 0 Å². The number of rotatable bonds is 10. The second-order valence-electron chi connectivity index (χ2n) is 9.88. The summed E-state index contributed by atoms with van der Waals surface area (Å²) in [6.07, 6.45) is -0.0781. The van der Waals surface area contributed by atoms with Crippen molar-refractivity contribution >= 4 is 11.6 Å². The summed E-state index contributed by atoms with van der Waals surface area (Å²) in [6, 6.07) is 22.8. The molecule has 3 atom stereocenters. The van der Waals surface area contributed by atoms with Crippen molar-refractivity contribution in [2.75, 3.05) is 26.2 Å². The molecule has 8 heteroatoms. The summed E-state index contributed by atoms with van der Waals surface area (Å²) in [5.41, 5.74) is 3.80. The molecule has 1 aliphatic rings. The van der Waals surface area contributed by atoms with Gasteiger partial charge in [0.2, 0.25) is 11.7 Å². The molecule has 6 nitrogen and oxygen atoms in total. The normalized spacial score (nSPS) is 17.1. The van der Waals surface area contributed by atoms with Crippen LogP contribution in [0.2, 0.25) is 0 Å². The molecular formula is C33H31F2NO5. The number of amides is 1. The number of halogens is 2. The maximum Gasteiger partial charge on any atom is 0.233 e. The van der Waals surface area contributed by atoms with Gasteiger partial charge in [-0.2, -0.15) is 0 Å². The molecule has 1 N–H and O–H groups in total.